The third-order valence-corrected chi connectivity index (χ3v) is 1.84. The van der Waals surface area contributed by atoms with E-state index in [1.165, 1.54) is 7.11 Å². The lowest BCUT2D eigenvalue weighted by molar-refractivity contribution is -0.478. The number of esters is 1. The van der Waals surface area contributed by atoms with Crippen LogP contribution in [0.5, 0.6) is 0 Å². The van der Waals surface area contributed by atoms with Crippen molar-refractivity contribution in [3.8, 4) is 0 Å². The summed E-state index contributed by atoms with van der Waals surface area (Å²) in [7, 11) is 1.21. The van der Waals surface area contributed by atoms with Gasteiger partial charge in [0.25, 0.3) is 0 Å². The second-order valence-corrected chi connectivity index (χ2v) is 3.20. The number of nitro groups is 1. The fourth-order valence-electron chi connectivity index (χ4n) is 0.910. The Morgan fingerprint density at radius 3 is 2.41 bits per heavy atom. The minimum absolute atomic E-state index is 0.0256. The first kappa shape index (κ1) is 15.0. The van der Waals surface area contributed by atoms with Crippen molar-refractivity contribution in [1.29, 1.82) is 0 Å². The molecule has 0 bridgehead atoms. The maximum atomic E-state index is 11.1. The highest BCUT2D eigenvalue weighted by molar-refractivity contribution is 5.88. The molecule has 0 saturated carbocycles. The topological polar surface area (TPSA) is 116 Å². The van der Waals surface area contributed by atoms with Gasteiger partial charge in [-0.3, -0.25) is 24.5 Å². The van der Waals surface area contributed by atoms with Crippen molar-refractivity contribution >= 4 is 17.7 Å². The predicted octanol–water partition coefficient (Wildman–Crippen LogP) is -0.708. The number of carbonyl (C=O) groups is 3. The van der Waals surface area contributed by atoms with Crippen molar-refractivity contribution < 1.29 is 24.0 Å². The zero-order chi connectivity index (χ0) is 13.3. The second-order valence-electron chi connectivity index (χ2n) is 3.20. The van der Waals surface area contributed by atoms with E-state index >= 15 is 0 Å². The van der Waals surface area contributed by atoms with E-state index < -0.39 is 23.3 Å². The van der Waals surface area contributed by atoms with Crippen LogP contribution < -0.4 is 5.32 Å². The Labute approximate surface area is 97.5 Å². The van der Waals surface area contributed by atoms with E-state index in [0.29, 0.717) is 0 Å². The molecule has 0 fully saturated rings. The van der Waals surface area contributed by atoms with Crippen LogP contribution in [0.15, 0.2) is 0 Å². The van der Waals surface area contributed by atoms with Gasteiger partial charge >= 0.3 is 5.97 Å². The Morgan fingerprint density at radius 1 is 1.24 bits per heavy atom. The van der Waals surface area contributed by atoms with Crippen molar-refractivity contribution in [1.82, 2.24) is 5.32 Å². The minimum Gasteiger partial charge on any atom is -0.469 e. The van der Waals surface area contributed by atoms with Gasteiger partial charge in [-0.25, -0.2) is 0 Å². The first-order chi connectivity index (χ1) is 7.95. The zero-order valence-electron chi connectivity index (χ0n) is 9.43. The van der Waals surface area contributed by atoms with Crippen LogP contribution >= 0.6 is 0 Å². The molecular weight excluding hydrogens is 232 g/mol. The number of hydrogen-bond donors (Lipinski definition) is 1. The van der Waals surface area contributed by atoms with Gasteiger partial charge in [0.2, 0.25) is 12.5 Å². The standard InChI is InChI=1S/C9H14N2O6/c1-17-9(14)3-2-7(12)6-10-8(13)4-5-11(15)16/h2-6H2,1H3,(H,10,13). The van der Waals surface area contributed by atoms with Gasteiger partial charge in [0, 0.05) is 11.3 Å². The van der Waals surface area contributed by atoms with Gasteiger partial charge < -0.3 is 10.1 Å². The molecule has 0 heterocycles. The monoisotopic (exact) mass is 246 g/mol. The van der Waals surface area contributed by atoms with Crippen LogP contribution in [0.1, 0.15) is 19.3 Å². The highest BCUT2D eigenvalue weighted by Crippen LogP contribution is 1.93. The Balaban J connectivity index is 3.66. The highest BCUT2D eigenvalue weighted by atomic mass is 16.6. The molecule has 0 aliphatic carbocycles. The van der Waals surface area contributed by atoms with E-state index in [2.05, 4.69) is 10.1 Å². The Bertz CT molecular complexity index is 315. The fraction of sp³-hybridized carbons (Fsp3) is 0.667. The quantitative estimate of drug-likeness (QED) is 0.343. The van der Waals surface area contributed by atoms with Crippen LogP contribution in [-0.4, -0.2) is 42.8 Å². The van der Waals surface area contributed by atoms with Crippen LogP contribution in [0.25, 0.3) is 0 Å². The number of nitrogens with one attached hydrogen (secondary N) is 1. The van der Waals surface area contributed by atoms with Gasteiger partial charge in [0.15, 0.2) is 5.78 Å². The first-order valence-electron chi connectivity index (χ1n) is 4.92. The van der Waals surface area contributed by atoms with E-state index in [-0.39, 0.29) is 31.6 Å². The van der Waals surface area contributed by atoms with E-state index in [1.54, 1.807) is 0 Å². The molecular formula is C9H14N2O6. The summed E-state index contributed by atoms with van der Waals surface area (Å²) in [5, 5.41) is 12.2. The average molecular weight is 246 g/mol. The SMILES string of the molecule is COC(=O)CCC(=O)CNC(=O)CC[N+](=O)[O-]. The van der Waals surface area contributed by atoms with Crippen LogP contribution in [0.3, 0.4) is 0 Å². The largest absolute Gasteiger partial charge is 0.469 e. The van der Waals surface area contributed by atoms with Crippen LogP contribution in [0, 0.1) is 10.1 Å². The number of rotatable bonds is 8. The molecule has 1 amide bonds. The maximum Gasteiger partial charge on any atom is 0.305 e. The van der Waals surface area contributed by atoms with Crippen molar-refractivity contribution in [3.63, 3.8) is 0 Å². The van der Waals surface area contributed by atoms with E-state index in [1.807, 2.05) is 0 Å². The smallest absolute Gasteiger partial charge is 0.305 e. The van der Waals surface area contributed by atoms with Gasteiger partial charge in [-0.05, 0) is 0 Å². The maximum absolute atomic E-state index is 11.1. The van der Waals surface area contributed by atoms with Gasteiger partial charge in [0.05, 0.1) is 26.5 Å². The molecule has 0 saturated heterocycles. The Morgan fingerprint density at radius 2 is 1.88 bits per heavy atom. The molecule has 0 aliphatic heterocycles. The van der Waals surface area contributed by atoms with E-state index in [0.717, 1.165) is 0 Å². The normalized spacial score (nSPS) is 9.47. The molecule has 0 aliphatic rings. The van der Waals surface area contributed by atoms with Gasteiger partial charge in [0.1, 0.15) is 0 Å². The summed E-state index contributed by atoms with van der Waals surface area (Å²) >= 11 is 0. The van der Waals surface area contributed by atoms with E-state index in [9.17, 15) is 24.5 Å². The van der Waals surface area contributed by atoms with Crippen molar-refractivity contribution in [2.45, 2.75) is 19.3 Å². The number of Topliss-reactive ketones (excluding diaryl/α,β-unsaturated/α-hetero) is 1. The molecule has 0 spiro atoms. The number of ether oxygens (including phenoxy) is 1. The fourth-order valence-corrected chi connectivity index (χ4v) is 0.910. The lowest BCUT2D eigenvalue weighted by atomic mass is 10.2. The number of ketones is 1. The number of amides is 1. The number of carbonyl (C=O) groups excluding carboxylic acids is 3. The van der Waals surface area contributed by atoms with Crippen LogP contribution in [0.2, 0.25) is 0 Å². The number of nitrogens with zero attached hydrogens (tertiary/aromatic N) is 1. The number of methoxy groups -OCH3 is 1. The lowest BCUT2D eigenvalue weighted by Crippen LogP contribution is -2.30. The predicted molar refractivity (Wildman–Crippen MR) is 55.7 cm³/mol. The zero-order valence-corrected chi connectivity index (χ0v) is 9.43. The summed E-state index contributed by atoms with van der Waals surface area (Å²) in [4.78, 5) is 42.2. The third-order valence-electron chi connectivity index (χ3n) is 1.84. The molecule has 0 aromatic heterocycles. The van der Waals surface area contributed by atoms with Crippen molar-refractivity contribution in [3.05, 3.63) is 10.1 Å². The van der Waals surface area contributed by atoms with Crippen LogP contribution in [-0.2, 0) is 19.1 Å². The van der Waals surface area contributed by atoms with Crippen LogP contribution in [0.4, 0.5) is 0 Å². The minimum atomic E-state index is -0.612. The lowest BCUT2D eigenvalue weighted by Gasteiger charge is -2.02. The molecule has 0 aromatic rings. The highest BCUT2D eigenvalue weighted by Gasteiger charge is 2.10. The molecule has 96 valence electrons. The molecule has 8 heteroatoms. The average Bonchev–Trinajstić information content (AvgIpc) is 2.30. The molecule has 0 rings (SSSR count). The Kier molecular flexibility index (Phi) is 7.24. The Hall–Kier alpha value is -1.99. The van der Waals surface area contributed by atoms with E-state index in [4.69, 9.17) is 0 Å². The molecule has 0 atom stereocenters. The summed E-state index contributed by atoms with van der Waals surface area (Å²) < 4.78 is 4.34. The molecule has 1 N–H and O–H groups in total. The summed E-state index contributed by atoms with van der Waals surface area (Å²) in [5.74, 6) is -1.39. The van der Waals surface area contributed by atoms with Gasteiger partial charge in [-0.1, -0.05) is 0 Å². The van der Waals surface area contributed by atoms with Crippen molar-refractivity contribution in [2.75, 3.05) is 20.2 Å². The van der Waals surface area contributed by atoms with Gasteiger partial charge in [-0.15, -0.1) is 0 Å². The van der Waals surface area contributed by atoms with Crippen molar-refractivity contribution in [2.24, 2.45) is 0 Å². The number of hydrogen-bond acceptors (Lipinski definition) is 6. The third kappa shape index (κ3) is 8.97. The summed E-state index contributed by atoms with van der Waals surface area (Å²) in [6.45, 7) is -0.699. The molecule has 0 radical (unpaired) electrons. The molecule has 17 heavy (non-hydrogen) atoms. The summed E-state index contributed by atoms with van der Waals surface area (Å²) in [6, 6.07) is 0. The summed E-state index contributed by atoms with van der Waals surface area (Å²) in [5.41, 5.74) is 0. The van der Waals surface area contributed by atoms with Gasteiger partial charge in [-0.2, -0.15) is 0 Å². The molecule has 0 aromatic carbocycles. The molecule has 0 unspecified atom stereocenters. The second kappa shape index (κ2) is 8.20. The first-order valence-corrected chi connectivity index (χ1v) is 4.92. The molecule has 8 nitrogen and oxygen atoms in total. The summed E-state index contributed by atoms with van der Waals surface area (Å²) in [6.07, 6.45) is -0.334.